The van der Waals surface area contributed by atoms with Crippen molar-refractivity contribution in [3.63, 3.8) is 0 Å². The quantitative estimate of drug-likeness (QED) is 0.794. The highest BCUT2D eigenvalue weighted by Gasteiger charge is 2.27. The van der Waals surface area contributed by atoms with E-state index in [0.29, 0.717) is 17.0 Å². The number of carboxylic acid groups (broad SMARTS) is 1. The third-order valence-corrected chi connectivity index (χ3v) is 2.93. The maximum Gasteiger partial charge on any atom is 0.307 e. The first kappa shape index (κ1) is 13.9. The third kappa shape index (κ3) is 2.87. The van der Waals surface area contributed by atoms with Gasteiger partial charge in [-0.1, -0.05) is 6.07 Å². The fraction of sp³-hybridized carbons (Fsp3) is 0.308. The van der Waals surface area contributed by atoms with Gasteiger partial charge < -0.3 is 15.2 Å². The number of piperazine rings is 1. The number of carbonyl (C=O) groups excluding carboxylic acids is 2. The molecule has 0 radical (unpaired) electrons. The van der Waals surface area contributed by atoms with Crippen LogP contribution in [0.1, 0.15) is 5.56 Å². The molecular formula is C13H14N2O5. The van der Waals surface area contributed by atoms with Gasteiger partial charge in [-0.05, 0) is 17.7 Å². The predicted octanol–water partition coefficient (Wildman–Crippen LogP) is -0.215. The number of methoxy groups -OCH3 is 1. The number of hydrogen-bond acceptors (Lipinski definition) is 4. The summed E-state index contributed by atoms with van der Waals surface area (Å²) in [6.45, 7) is -0.184. The van der Waals surface area contributed by atoms with Crippen molar-refractivity contribution < 1.29 is 24.2 Å². The van der Waals surface area contributed by atoms with Crippen molar-refractivity contribution in [2.75, 3.05) is 25.1 Å². The normalized spacial score (nSPS) is 14.9. The molecule has 0 bridgehead atoms. The Morgan fingerprint density at radius 2 is 2.20 bits per heavy atom. The molecule has 0 unspecified atom stereocenters. The zero-order chi connectivity index (χ0) is 14.7. The largest absolute Gasteiger partial charge is 0.495 e. The smallest absolute Gasteiger partial charge is 0.307 e. The molecule has 2 rings (SSSR count). The summed E-state index contributed by atoms with van der Waals surface area (Å²) in [7, 11) is 1.45. The van der Waals surface area contributed by atoms with Gasteiger partial charge >= 0.3 is 5.97 Å². The number of rotatable bonds is 4. The number of nitrogens with one attached hydrogen (secondary N) is 1. The second kappa shape index (κ2) is 5.60. The third-order valence-electron chi connectivity index (χ3n) is 2.93. The van der Waals surface area contributed by atoms with Crippen LogP contribution in [-0.4, -0.2) is 43.1 Å². The molecule has 1 heterocycles. The van der Waals surface area contributed by atoms with Crippen molar-refractivity contribution in [3.8, 4) is 5.75 Å². The average molecular weight is 278 g/mol. The van der Waals surface area contributed by atoms with Gasteiger partial charge in [0.25, 0.3) is 0 Å². The van der Waals surface area contributed by atoms with Crippen LogP contribution in [0.2, 0.25) is 0 Å². The minimum absolute atomic E-state index is 0.0782. The van der Waals surface area contributed by atoms with Crippen LogP contribution in [0.5, 0.6) is 5.75 Å². The van der Waals surface area contributed by atoms with Crippen LogP contribution in [0.15, 0.2) is 18.2 Å². The van der Waals surface area contributed by atoms with E-state index in [2.05, 4.69) is 5.32 Å². The summed E-state index contributed by atoms with van der Waals surface area (Å²) in [6, 6.07) is 4.77. The fourth-order valence-corrected chi connectivity index (χ4v) is 2.01. The Balaban J connectivity index is 2.38. The molecule has 1 aromatic carbocycles. The second-order valence-corrected chi connectivity index (χ2v) is 4.33. The van der Waals surface area contributed by atoms with Gasteiger partial charge in [-0.25, -0.2) is 0 Å². The molecule has 0 saturated carbocycles. The molecule has 7 heteroatoms. The number of carboxylic acids is 1. The van der Waals surface area contributed by atoms with E-state index in [-0.39, 0.29) is 31.3 Å². The Hall–Kier alpha value is -2.57. The van der Waals surface area contributed by atoms with Crippen molar-refractivity contribution in [2.24, 2.45) is 0 Å². The second-order valence-electron chi connectivity index (χ2n) is 4.33. The number of aliphatic carboxylic acids is 1. The summed E-state index contributed by atoms with van der Waals surface area (Å²) in [5, 5.41) is 11.3. The number of ether oxygens (including phenoxy) is 1. The number of hydrogen-bond donors (Lipinski definition) is 2. The van der Waals surface area contributed by atoms with Gasteiger partial charge in [0.1, 0.15) is 12.3 Å². The van der Waals surface area contributed by atoms with E-state index in [1.54, 1.807) is 18.2 Å². The van der Waals surface area contributed by atoms with Crippen molar-refractivity contribution >= 4 is 23.5 Å². The maximum atomic E-state index is 11.9. The van der Waals surface area contributed by atoms with Crippen LogP contribution in [0.3, 0.4) is 0 Å². The minimum atomic E-state index is -0.969. The Kier molecular flexibility index (Phi) is 3.88. The van der Waals surface area contributed by atoms with Gasteiger partial charge in [0.05, 0.1) is 25.8 Å². The van der Waals surface area contributed by atoms with E-state index in [1.807, 2.05) is 0 Å². The number of amides is 2. The lowest BCUT2D eigenvalue weighted by Crippen LogP contribution is -2.51. The maximum absolute atomic E-state index is 11.9. The van der Waals surface area contributed by atoms with Crippen molar-refractivity contribution in [1.82, 2.24) is 5.32 Å². The van der Waals surface area contributed by atoms with Crippen LogP contribution in [-0.2, 0) is 20.8 Å². The standard InChI is InChI=1S/C13H14N2O5/c1-20-10-3-2-8(5-13(18)19)4-9(10)15-7-11(16)14-6-12(15)17/h2-4H,5-7H2,1H3,(H,14,16)(H,18,19). The molecule has 0 atom stereocenters. The summed E-state index contributed by atoms with van der Waals surface area (Å²) in [5.74, 6) is -1.09. The molecule has 1 aromatic rings. The Morgan fingerprint density at radius 1 is 1.45 bits per heavy atom. The lowest BCUT2D eigenvalue weighted by atomic mass is 10.1. The zero-order valence-electron chi connectivity index (χ0n) is 10.9. The number of carbonyl (C=O) groups is 3. The molecule has 0 aromatic heterocycles. The van der Waals surface area contributed by atoms with Crippen molar-refractivity contribution in [1.29, 1.82) is 0 Å². The molecule has 1 fully saturated rings. The topological polar surface area (TPSA) is 95.9 Å². The molecule has 0 spiro atoms. The van der Waals surface area contributed by atoms with Gasteiger partial charge in [0.15, 0.2) is 0 Å². The van der Waals surface area contributed by atoms with Gasteiger partial charge in [-0.3, -0.25) is 19.3 Å². The predicted molar refractivity (Wildman–Crippen MR) is 69.7 cm³/mol. The highest BCUT2D eigenvalue weighted by atomic mass is 16.5. The number of benzene rings is 1. The molecule has 2 N–H and O–H groups in total. The van der Waals surface area contributed by atoms with Gasteiger partial charge in [-0.15, -0.1) is 0 Å². The molecule has 20 heavy (non-hydrogen) atoms. The monoisotopic (exact) mass is 278 g/mol. The first-order valence-electron chi connectivity index (χ1n) is 5.97. The van der Waals surface area contributed by atoms with E-state index < -0.39 is 5.97 Å². The Bertz CT molecular complexity index is 570. The minimum Gasteiger partial charge on any atom is -0.495 e. The SMILES string of the molecule is COc1ccc(CC(=O)O)cc1N1CC(=O)NCC1=O. The average Bonchev–Trinajstić information content (AvgIpc) is 2.41. The van der Waals surface area contributed by atoms with Gasteiger partial charge in [0.2, 0.25) is 11.8 Å². The summed E-state index contributed by atoms with van der Waals surface area (Å²) in [4.78, 5) is 35.3. The fourth-order valence-electron chi connectivity index (χ4n) is 2.01. The summed E-state index contributed by atoms with van der Waals surface area (Å²) >= 11 is 0. The zero-order valence-corrected chi connectivity index (χ0v) is 10.9. The van der Waals surface area contributed by atoms with Crippen LogP contribution < -0.4 is 15.0 Å². The summed E-state index contributed by atoms with van der Waals surface area (Å²) in [6.07, 6.45) is -0.161. The van der Waals surface area contributed by atoms with E-state index in [4.69, 9.17) is 9.84 Å². The number of nitrogens with zero attached hydrogens (tertiary/aromatic N) is 1. The first-order valence-corrected chi connectivity index (χ1v) is 5.97. The van der Waals surface area contributed by atoms with Crippen molar-refractivity contribution in [2.45, 2.75) is 6.42 Å². The highest BCUT2D eigenvalue weighted by molar-refractivity contribution is 6.05. The first-order chi connectivity index (χ1) is 9.51. The van der Waals surface area contributed by atoms with E-state index in [1.165, 1.54) is 12.0 Å². The Labute approximate surface area is 115 Å². The lowest BCUT2D eigenvalue weighted by Gasteiger charge is -2.28. The molecule has 2 amide bonds. The highest BCUT2D eigenvalue weighted by Crippen LogP contribution is 2.30. The van der Waals surface area contributed by atoms with Crippen molar-refractivity contribution in [3.05, 3.63) is 23.8 Å². The van der Waals surface area contributed by atoms with E-state index in [0.717, 1.165) is 0 Å². The van der Waals surface area contributed by atoms with E-state index >= 15 is 0 Å². The summed E-state index contributed by atoms with van der Waals surface area (Å²) in [5.41, 5.74) is 0.943. The molecule has 1 aliphatic heterocycles. The molecule has 0 aliphatic carbocycles. The molecular weight excluding hydrogens is 264 g/mol. The summed E-state index contributed by atoms with van der Waals surface area (Å²) < 4.78 is 5.17. The molecule has 1 aliphatic rings. The van der Waals surface area contributed by atoms with Gasteiger partial charge in [-0.2, -0.15) is 0 Å². The van der Waals surface area contributed by atoms with Crippen LogP contribution in [0.25, 0.3) is 0 Å². The van der Waals surface area contributed by atoms with Gasteiger partial charge in [0, 0.05) is 0 Å². The van der Waals surface area contributed by atoms with Crippen LogP contribution in [0.4, 0.5) is 5.69 Å². The van der Waals surface area contributed by atoms with Crippen LogP contribution in [0, 0.1) is 0 Å². The van der Waals surface area contributed by atoms with Crippen LogP contribution >= 0.6 is 0 Å². The lowest BCUT2D eigenvalue weighted by molar-refractivity contribution is -0.136. The van der Waals surface area contributed by atoms with E-state index in [9.17, 15) is 14.4 Å². The molecule has 106 valence electrons. The molecule has 7 nitrogen and oxygen atoms in total. The molecule has 1 saturated heterocycles. The Morgan fingerprint density at radius 3 is 2.85 bits per heavy atom. The number of anilines is 1.